The topological polar surface area (TPSA) is 97.6 Å². The first-order valence-electron chi connectivity index (χ1n) is 7.57. The van der Waals surface area contributed by atoms with Crippen LogP contribution in [0.15, 0.2) is 55.1 Å². The molecule has 2 N–H and O–H groups in total. The highest BCUT2D eigenvalue weighted by Gasteiger charge is 2.12. The van der Waals surface area contributed by atoms with Gasteiger partial charge in [-0.15, -0.1) is 5.10 Å². The molecule has 2 amide bonds. The first-order chi connectivity index (χ1) is 11.8. The van der Waals surface area contributed by atoms with Crippen LogP contribution in [0.2, 0.25) is 0 Å². The summed E-state index contributed by atoms with van der Waals surface area (Å²) < 4.78 is 1.54. The molecule has 2 heterocycles. The van der Waals surface area contributed by atoms with Crippen molar-refractivity contribution in [1.29, 1.82) is 0 Å². The minimum Gasteiger partial charge on any atom is -0.331 e. The second-order valence-corrected chi connectivity index (χ2v) is 5.14. The van der Waals surface area contributed by atoms with E-state index in [2.05, 4.69) is 31.1 Å². The fourth-order valence-corrected chi connectivity index (χ4v) is 2.32. The zero-order valence-electron chi connectivity index (χ0n) is 13.1. The first-order valence-corrected chi connectivity index (χ1v) is 7.57. The molecular formula is C16H17N7O. The average molecular weight is 323 g/mol. The number of nitrogens with zero attached hydrogens (tertiary/aromatic N) is 5. The Morgan fingerprint density at radius 2 is 1.92 bits per heavy atom. The third-order valence-corrected chi connectivity index (χ3v) is 3.56. The second-order valence-electron chi connectivity index (χ2n) is 5.14. The third-order valence-electron chi connectivity index (χ3n) is 3.56. The Morgan fingerprint density at radius 3 is 2.54 bits per heavy atom. The maximum Gasteiger partial charge on any atom is 0.319 e. The zero-order valence-corrected chi connectivity index (χ0v) is 13.1. The smallest absolute Gasteiger partial charge is 0.319 e. The molecule has 0 saturated carbocycles. The summed E-state index contributed by atoms with van der Waals surface area (Å²) >= 11 is 0. The minimum absolute atomic E-state index is 0.0616. The molecule has 0 unspecified atom stereocenters. The molecule has 0 fully saturated rings. The van der Waals surface area contributed by atoms with Crippen LogP contribution in [0.1, 0.15) is 24.9 Å². The normalized spacial score (nSPS) is 11.7. The highest BCUT2D eigenvalue weighted by atomic mass is 16.2. The van der Waals surface area contributed by atoms with Crippen molar-refractivity contribution in [3.05, 3.63) is 60.7 Å². The highest BCUT2D eigenvalue weighted by Crippen LogP contribution is 2.16. The summed E-state index contributed by atoms with van der Waals surface area (Å²) in [5.41, 5.74) is 2.53. The van der Waals surface area contributed by atoms with Gasteiger partial charge < -0.3 is 10.6 Å². The molecule has 0 bridgehead atoms. The van der Waals surface area contributed by atoms with E-state index in [0.717, 1.165) is 17.7 Å². The summed E-state index contributed by atoms with van der Waals surface area (Å²) in [6.07, 6.45) is 5.73. The van der Waals surface area contributed by atoms with Gasteiger partial charge in [-0.25, -0.2) is 9.48 Å². The molecule has 0 radical (unpaired) electrons. The number of benzene rings is 1. The molecular weight excluding hydrogens is 306 g/mol. The van der Waals surface area contributed by atoms with E-state index >= 15 is 0 Å². The van der Waals surface area contributed by atoms with Crippen LogP contribution in [-0.4, -0.2) is 31.2 Å². The van der Waals surface area contributed by atoms with Crippen LogP contribution in [0.25, 0.3) is 5.69 Å². The number of aromatic nitrogens is 5. The van der Waals surface area contributed by atoms with E-state index in [1.54, 1.807) is 29.2 Å². The molecule has 3 aromatic rings. The van der Waals surface area contributed by atoms with Crippen molar-refractivity contribution in [2.75, 3.05) is 5.32 Å². The van der Waals surface area contributed by atoms with Crippen LogP contribution in [0.5, 0.6) is 0 Å². The van der Waals surface area contributed by atoms with Crippen molar-refractivity contribution in [3.63, 3.8) is 0 Å². The van der Waals surface area contributed by atoms with Crippen molar-refractivity contribution >= 4 is 11.7 Å². The lowest BCUT2D eigenvalue weighted by Crippen LogP contribution is -2.32. The van der Waals surface area contributed by atoms with Crippen LogP contribution in [0.3, 0.4) is 0 Å². The van der Waals surface area contributed by atoms with Gasteiger partial charge in [0.25, 0.3) is 0 Å². The monoisotopic (exact) mass is 323 g/mol. The minimum atomic E-state index is -0.256. The van der Waals surface area contributed by atoms with Gasteiger partial charge in [0.1, 0.15) is 6.33 Å². The quantitative estimate of drug-likeness (QED) is 0.751. The van der Waals surface area contributed by atoms with Gasteiger partial charge in [-0.05, 0) is 58.8 Å². The number of pyridine rings is 1. The fraction of sp³-hybridized carbons (Fsp3) is 0.188. The molecule has 0 aliphatic carbocycles. The highest BCUT2D eigenvalue weighted by molar-refractivity contribution is 5.89. The summed E-state index contributed by atoms with van der Waals surface area (Å²) in [4.78, 5) is 16.2. The third kappa shape index (κ3) is 3.72. The van der Waals surface area contributed by atoms with Crippen LogP contribution in [0, 0.1) is 0 Å². The van der Waals surface area contributed by atoms with Gasteiger partial charge in [-0.1, -0.05) is 6.92 Å². The number of urea groups is 1. The molecule has 0 saturated heterocycles. The van der Waals surface area contributed by atoms with Gasteiger partial charge in [0.05, 0.1) is 11.7 Å². The summed E-state index contributed by atoms with van der Waals surface area (Å²) in [6, 6.07) is 10.7. The Kier molecular flexibility index (Phi) is 4.76. The maximum absolute atomic E-state index is 12.2. The number of hydrogen-bond donors (Lipinski definition) is 2. The summed E-state index contributed by atoms with van der Waals surface area (Å²) in [5, 5.41) is 16.8. The molecule has 8 nitrogen and oxygen atoms in total. The number of amides is 2. The van der Waals surface area contributed by atoms with Crippen molar-refractivity contribution in [2.24, 2.45) is 0 Å². The molecule has 1 atom stereocenters. The van der Waals surface area contributed by atoms with E-state index in [1.165, 1.54) is 6.33 Å². The molecule has 122 valence electrons. The van der Waals surface area contributed by atoms with E-state index in [-0.39, 0.29) is 12.1 Å². The summed E-state index contributed by atoms with van der Waals surface area (Å²) in [5.74, 6) is 0. The predicted octanol–water partition coefficient (Wildman–Crippen LogP) is 2.33. The van der Waals surface area contributed by atoms with Crippen LogP contribution < -0.4 is 10.6 Å². The standard InChI is InChI=1S/C16H17N7O/c1-2-15(12-7-9-17-10-8-12)20-16(24)19-13-3-5-14(6-4-13)23-11-18-21-22-23/h3-11,15H,2H2,1H3,(H2,19,20,24)/t15-/m0/s1. The lowest BCUT2D eigenvalue weighted by atomic mass is 10.1. The van der Waals surface area contributed by atoms with Gasteiger partial charge >= 0.3 is 6.03 Å². The second kappa shape index (κ2) is 7.32. The van der Waals surface area contributed by atoms with Crippen molar-refractivity contribution in [3.8, 4) is 5.69 Å². The average Bonchev–Trinajstić information content (AvgIpc) is 3.16. The van der Waals surface area contributed by atoms with Crippen LogP contribution in [0.4, 0.5) is 10.5 Å². The largest absolute Gasteiger partial charge is 0.331 e. The fourth-order valence-electron chi connectivity index (χ4n) is 2.32. The molecule has 0 aliphatic heterocycles. The molecule has 8 heteroatoms. The van der Waals surface area contributed by atoms with E-state index in [9.17, 15) is 4.79 Å². The van der Waals surface area contributed by atoms with E-state index in [0.29, 0.717) is 5.69 Å². The first kappa shape index (κ1) is 15.6. The van der Waals surface area contributed by atoms with Gasteiger partial charge in [0.2, 0.25) is 0 Å². The maximum atomic E-state index is 12.2. The van der Waals surface area contributed by atoms with E-state index < -0.39 is 0 Å². The number of tetrazole rings is 1. The molecule has 0 aliphatic rings. The number of nitrogens with one attached hydrogen (secondary N) is 2. The van der Waals surface area contributed by atoms with Crippen molar-refractivity contribution in [2.45, 2.75) is 19.4 Å². The number of carbonyl (C=O) groups is 1. The van der Waals surface area contributed by atoms with Crippen molar-refractivity contribution in [1.82, 2.24) is 30.5 Å². The van der Waals surface area contributed by atoms with Crippen molar-refractivity contribution < 1.29 is 4.79 Å². The van der Waals surface area contributed by atoms with Gasteiger partial charge in [0.15, 0.2) is 0 Å². The van der Waals surface area contributed by atoms with Gasteiger partial charge in [0, 0.05) is 18.1 Å². The molecule has 3 rings (SSSR count). The van der Waals surface area contributed by atoms with Crippen LogP contribution in [-0.2, 0) is 0 Å². The van der Waals surface area contributed by atoms with Gasteiger partial charge in [-0.2, -0.15) is 0 Å². The Hall–Kier alpha value is -3.29. The Bertz CT molecular complexity index is 772. The predicted molar refractivity (Wildman–Crippen MR) is 88.6 cm³/mol. The van der Waals surface area contributed by atoms with Crippen LogP contribution >= 0.6 is 0 Å². The molecule has 2 aromatic heterocycles. The molecule has 1 aromatic carbocycles. The SMILES string of the molecule is CC[C@H](NC(=O)Nc1ccc(-n2cnnn2)cc1)c1ccncc1. The zero-order chi connectivity index (χ0) is 16.8. The number of hydrogen-bond acceptors (Lipinski definition) is 5. The number of rotatable bonds is 5. The molecule has 0 spiro atoms. The summed E-state index contributed by atoms with van der Waals surface area (Å²) in [6.45, 7) is 2.02. The van der Waals surface area contributed by atoms with E-state index in [4.69, 9.17) is 0 Å². The Labute approximate surface area is 138 Å². The Morgan fingerprint density at radius 1 is 1.17 bits per heavy atom. The number of anilines is 1. The lowest BCUT2D eigenvalue weighted by Gasteiger charge is -2.17. The Balaban J connectivity index is 1.62. The lowest BCUT2D eigenvalue weighted by molar-refractivity contribution is 0.248. The summed E-state index contributed by atoms with van der Waals surface area (Å²) in [7, 11) is 0. The molecule has 24 heavy (non-hydrogen) atoms. The van der Waals surface area contributed by atoms with Gasteiger partial charge in [-0.3, -0.25) is 4.98 Å². The van der Waals surface area contributed by atoms with E-state index in [1.807, 2.05) is 31.2 Å². The number of carbonyl (C=O) groups excluding carboxylic acids is 1.